The third-order valence-corrected chi connectivity index (χ3v) is 4.73. The zero-order chi connectivity index (χ0) is 17.9. The van der Waals surface area contributed by atoms with Gasteiger partial charge in [0, 0.05) is 42.1 Å². The van der Waals surface area contributed by atoms with E-state index in [1.165, 1.54) is 0 Å². The van der Waals surface area contributed by atoms with E-state index in [9.17, 15) is 4.79 Å². The number of H-pyrrole nitrogens is 1. The molecule has 0 radical (unpaired) electrons. The number of anilines is 1. The lowest BCUT2D eigenvalue weighted by molar-refractivity contribution is -0.121. The molecule has 1 aliphatic rings. The number of piperazine rings is 1. The summed E-state index contributed by atoms with van der Waals surface area (Å²) >= 11 is 5.93. The fraction of sp³-hybridized carbons (Fsp3) is 0.211. The van der Waals surface area contributed by atoms with Crippen LogP contribution in [0.4, 0.5) is 5.82 Å². The molecule has 4 rings (SSSR count). The minimum absolute atomic E-state index is 0.0381. The van der Waals surface area contributed by atoms with Gasteiger partial charge >= 0.3 is 0 Å². The molecule has 1 fully saturated rings. The number of hydrogen-bond donors (Lipinski definition) is 2. The van der Waals surface area contributed by atoms with Crippen molar-refractivity contribution in [3.63, 3.8) is 0 Å². The molecule has 1 aliphatic heterocycles. The summed E-state index contributed by atoms with van der Waals surface area (Å²) in [5.74, 6) is 0.751. The Labute approximate surface area is 156 Å². The van der Waals surface area contributed by atoms with E-state index in [1.807, 2.05) is 42.5 Å². The Kier molecular flexibility index (Phi) is 4.69. The number of aromatic amines is 1. The molecule has 1 saturated heterocycles. The van der Waals surface area contributed by atoms with Crippen molar-refractivity contribution in [3.05, 3.63) is 65.4 Å². The molecule has 0 saturated carbocycles. The van der Waals surface area contributed by atoms with Crippen molar-refractivity contribution in [2.24, 2.45) is 0 Å². The van der Waals surface area contributed by atoms with Crippen LogP contribution in [-0.4, -0.2) is 40.2 Å². The molecular weight excluding hydrogens is 350 g/mol. The van der Waals surface area contributed by atoms with Gasteiger partial charge in [0.05, 0.1) is 11.7 Å². The summed E-state index contributed by atoms with van der Waals surface area (Å²) in [6.45, 7) is 1.33. The van der Waals surface area contributed by atoms with Crippen LogP contribution in [0.25, 0.3) is 11.3 Å². The van der Waals surface area contributed by atoms with Gasteiger partial charge in [0.1, 0.15) is 5.82 Å². The summed E-state index contributed by atoms with van der Waals surface area (Å²) in [7, 11) is 0. The van der Waals surface area contributed by atoms with Gasteiger partial charge in [-0.15, -0.1) is 0 Å². The number of carbonyl (C=O) groups excluding carboxylic acids is 1. The standard InChI is InChI=1S/C19H18ClN5O/c20-15-3-1-13(2-4-15)11-17-19(26)25(10-9-22-17)18-12-16(23-24-18)14-5-7-21-8-6-14/h1-8,12,17,22H,9-11H2,(H,23,24)/t17-/m0/s1. The lowest BCUT2D eigenvalue weighted by Gasteiger charge is -2.32. The zero-order valence-corrected chi connectivity index (χ0v) is 14.8. The van der Waals surface area contributed by atoms with Crippen LogP contribution in [0.5, 0.6) is 0 Å². The fourth-order valence-electron chi connectivity index (χ4n) is 3.11. The van der Waals surface area contributed by atoms with E-state index in [0.29, 0.717) is 23.8 Å². The van der Waals surface area contributed by atoms with Crippen LogP contribution in [-0.2, 0) is 11.2 Å². The van der Waals surface area contributed by atoms with Crippen molar-refractivity contribution in [2.75, 3.05) is 18.0 Å². The number of hydrogen-bond acceptors (Lipinski definition) is 4. The van der Waals surface area contributed by atoms with Crippen molar-refractivity contribution >= 4 is 23.3 Å². The van der Waals surface area contributed by atoms with Gasteiger partial charge in [-0.3, -0.25) is 19.8 Å². The van der Waals surface area contributed by atoms with Crippen molar-refractivity contribution in [2.45, 2.75) is 12.5 Å². The van der Waals surface area contributed by atoms with Crippen LogP contribution < -0.4 is 10.2 Å². The summed E-state index contributed by atoms with van der Waals surface area (Å²) in [5.41, 5.74) is 2.83. The molecule has 7 heteroatoms. The summed E-state index contributed by atoms with van der Waals surface area (Å²) in [6, 6.07) is 13.0. The Morgan fingerprint density at radius 3 is 2.69 bits per heavy atom. The normalized spacial score (nSPS) is 17.5. The van der Waals surface area contributed by atoms with Gasteiger partial charge in [-0.2, -0.15) is 5.10 Å². The van der Waals surface area contributed by atoms with Crippen molar-refractivity contribution < 1.29 is 4.79 Å². The van der Waals surface area contributed by atoms with E-state index in [4.69, 9.17) is 11.6 Å². The average Bonchev–Trinajstić information content (AvgIpc) is 3.16. The topological polar surface area (TPSA) is 73.9 Å². The SMILES string of the molecule is O=C1[C@H](Cc2ccc(Cl)cc2)NCCN1c1cc(-c2ccncc2)n[nH]1. The third-order valence-electron chi connectivity index (χ3n) is 4.47. The van der Waals surface area contributed by atoms with E-state index in [-0.39, 0.29) is 11.9 Å². The minimum atomic E-state index is -0.266. The number of rotatable bonds is 4. The molecule has 2 aromatic heterocycles. The molecule has 3 aromatic rings. The molecule has 6 nitrogen and oxygen atoms in total. The Balaban J connectivity index is 1.51. The highest BCUT2D eigenvalue weighted by Gasteiger charge is 2.30. The van der Waals surface area contributed by atoms with Crippen LogP contribution in [0.2, 0.25) is 5.02 Å². The predicted molar refractivity (Wildman–Crippen MR) is 101 cm³/mol. The number of amides is 1. The van der Waals surface area contributed by atoms with E-state index >= 15 is 0 Å². The van der Waals surface area contributed by atoms with Crippen molar-refractivity contribution in [1.82, 2.24) is 20.5 Å². The molecule has 0 unspecified atom stereocenters. The summed E-state index contributed by atoms with van der Waals surface area (Å²) in [5, 5.41) is 11.3. The largest absolute Gasteiger partial charge is 0.304 e. The monoisotopic (exact) mass is 367 g/mol. The number of aromatic nitrogens is 3. The van der Waals surface area contributed by atoms with E-state index in [0.717, 1.165) is 23.4 Å². The van der Waals surface area contributed by atoms with Crippen LogP contribution >= 0.6 is 11.6 Å². The second kappa shape index (κ2) is 7.27. The second-order valence-corrected chi connectivity index (χ2v) is 6.64. The van der Waals surface area contributed by atoms with Crippen LogP contribution in [0.15, 0.2) is 54.9 Å². The Morgan fingerprint density at radius 2 is 1.92 bits per heavy atom. The molecule has 0 bridgehead atoms. The Hall–Kier alpha value is -2.70. The van der Waals surface area contributed by atoms with Gasteiger partial charge in [0.25, 0.3) is 0 Å². The average molecular weight is 368 g/mol. The van der Waals surface area contributed by atoms with Crippen LogP contribution in [0, 0.1) is 0 Å². The van der Waals surface area contributed by atoms with Crippen molar-refractivity contribution in [1.29, 1.82) is 0 Å². The summed E-state index contributed by atoms with van der Waals surface area (Å²) < 4.78 is 0. The maximum absolute atomic E-state index is 12.9. The number of pyridine rings is 1. The molecule has 1 aromatic carbocycles. The highest BCUT2D eigenvalue weighted by atomic mass is 35.5. The zero-order valence-electron chi connectivity index (χ0n) is 14.0. The maximum Gasteiger partial charge on any atom is 0.245 e. The first-order valence-corrected chi connectivity index (χ1v) is 8.83. The lowest BCUT2D eigenvalue weighted by atomic mass is 10.0. The van der Waals surface area contributed by atoms with Crippen LogP contribution in [0.1, 0.15) is 5.56 Å². The highest BCUT2D eigenvalue weighted by molar-refractivity contribution is 6.30. The smallest absolute Gasteiger partial charge is 0.245 e. The van der Waals surface area contributed by atoms with Gasteiger partial charge in [0.15, 0.2) is 0 Å². The number of carbonyl (C=O) groups is 1. The lowest BCUT2D eigenvalue weighted by Crippen LogP contribution is -2.56. The second-order valence-electron chi connectivity index (χ2n) is 6.20. The van der Waals surface area contributed by atoms with E-state index < -0.39 is 0 Å². The number of halogens is 1. The van der Waals surface area contributed by atoms with Gasteiger partial charge in [-0.1, -0.05) is 23.7 Å². The molecular formula is C19H18ClN5O. The van der Waals surface area contributed by atoms with Gasteiger partial charge in [-0.25, -0.2) is 0 Å². The maximum atomic E-state index is 12.9. The number of nitrogens with zero attached hydrogens (tertiary/aromatic N) is 3. The molecule has 2 N–H and O–H groups in total. The first kappa shape index (κ1) is 16.8. The summed E-state index contributed by atoms with van der Waals surface area (Å²) in [6.07, 6.45) is 4.07. The highest BCUT2D eigenvalue weighted by Crippen LogP contribution is 2.23. The van der Waals surface area contributed by atoms with Crippen molar-refractivity contribution in [3.8, 4) is 11.3 Å². The Morgan fingerprint density at radius 1 is 1.15 bits per heavy atom. The molecule has 1 atom stereocenters. The Bertz CT molecular complexity index is 894. The molecule has 26 heavy (non-hydrogen) atoms. The van der Waals surface area contributed by atoms with Gasteiger partial charge < -0.3 is 5.32 Å². The first-order chi connectivity index (χ1) is 12.7. The minimum Gasteiger partial charge on any atom is -0.304 e. The first-order valence-electron chi connectivity index (χ1n) is 8.46. The van der Waals surface area contributed by atoms with E-state index in [2.05, 4.69) is 20.5 Å². The third kappa shape index (κ3) is 3.47. The molecule has 3 heterocycles. The number of nitrogens with one attached hydrogen (secondary N) is 2. The van der Waals surface area contributed by atoms with E-state index in [1.54, 1.807) is 17.3 Å². The van der Waals surface area contributed by atoms with Gasteiger partial charge in [0.2, 0.25) is 5.91 Å². The van der Waals surface area contributed by atoms with Gasteiger partial charge in [-0.05, 0) is 36.2 Å². The predicted octanol–water partition coefficient (Wildman–Crippen LogP) is 2.67. The molecule has 132 valence electrons. The quantitative estimate of drug-likeness (QED) is 0.743. The summed E-state index contributed by atoms with van der Waals surface area (Å²) in [4.78, 5) is 18.7. The molecule has 1 amide bonds. The number of benzene rings is 1. The fourth-order valence-corrected chi connectivity index (χ4v) is 3.24. The van der Waals surface area contributed by atoms with Crippen LogP contribution in [0.3, 0.4) is 0 Å². The molecule has 0 spiro atoms. The molecule has 0 aliphatic carbocycles.